The third-order valence-corrected chi connectivity index (χ3v) is 6.88. The molecule has 0 atom stereocenters. The average molecular weight is 469 g/mol. The predicted octanol–water partition coefficient (Wildman–Crippen LogP) is 5.49. The molecule has 0 N–H and O–H groups in total. The number of ether oxygens (including phenoxy) is 1. The molecule has 0 saturated heterocycles. The van der Waals surface area contributed by atoms with Crippen molar-refractivity contribution in [2.75, 3.05) is 19.4 Å². The number of methoxy groups -OCH3 is 1. The fraction of sp³-hybridized carbons (Fsp3) is 0.217. The van der Waals surface area contributed by atoms with Crippen molar-refractivity contribution >= 4 is 21.8 Å². The number of azide groups is 1. The Bertz CT molecular complexity index is 1160. The minimum Gasteiger partial charge on any atom is -0.497 e. The summed E-state index contributed by atoms with van der Waals surface area (Å²) in [6, 6.07) is 24.7. The van der Waals surface area contributed by atoms with Crippen LogP contribution in [0.5, 0.6) is 5.75 Å². The molecule has 0 aliphatic rings. The summed E-state index contributed by atoms with van der Waals surface area (Å²) in [4.78, 5) is 5.91. The first kappa shape index (κ1) is 23.7. The Hall–Kier alpha value is -2.97. The van der Waals surface area contributed by atoms with Gasteiger partial charge < -0.3 is 4.74 Å². The zero-order valence-electron chi connectivity index (χ0n) is 17.7. The van der Waals surface area contributed by atoms with Crippen LogP contribution in [0, 0.1) is 0 Å². The zero-order chi connectivity index (χ0) is 22.8. The Morgan fingerprint density at radius 1 is 0.969 bits per heavy atom. The minimum absolute atomic E-state index is 0.0157. The maximum atomic E-state index is 11.9. The van der Waals surface area contributed by atoms with E-state index >= 15 is 0 Å². The molecule has 9 heteroatoms. The van der Waals surface area contributed by atoms with Crippen molar-refractivity contribution in [1.82, 2.24) is 4.90 Å². The highest BCUT2D eigenvalue weighted by molar-refractivity contribution is 7.99. The summed E-state index contributed by atoms with van der Waals surface area (Å²) in [5.41, 5.74) is 10.5. The third kappa shape index (κ3) is 7.03. The number of benzene rings is 3. The summed E-state index contributed by atoms with van der Waals surface area (Å²) in [5, 5.41) is 0. The monoisotopic (exact) mass is 468 g/mol. The molecular formula is C23H24N4O3S2. The van der Waals surface area contributed by atoms with Gasteiger partial charge in [-0.25, -0.2) is 8.42 Å². The van der Waals surface area contributed by atoms with Crippen LogP contribution in [0.25, 0.3) is 10.4 Å². The first-order valence-electron chi connectivity index (χ1n) is 9.93. The molecule has 0 aliphatic carbocycles. The molecule has 3 aromatic rings. The van der Waals surface area contributed by atoms with Gasteiger partial charge in [-0.2, -0.15) is 0 Å². The molecule has 0 spiro atoms. The molecule has 32 heavy (non-hydrogen) atoms. The quantitative estimate of drug-likeness (QED) is 0.160. The van der Waals surface area contributed by atoms with Gasteiger partial charge in [0, 0.05) is 39.7 Å². The zero-order valence-corrected chi connectivity index (χ0v) is 19.3. The Morgan fingerprint density at radius 2 is 1.69 bits per heavy atom. The van der Waals surface area contributed by atoms with Gasteiger partial charge in [0.15, 0.2) is 0 Å². The van der Waals surface area contributed by atoms with E-state index in [0.717, 1.165) is 35.7 Å². The molecule has 0 amide bonds. The van der Waals surface area contributed by atoms with Gasteiger partial charge in [-0.1, -0.05) is 42.5 Å². The van der Waals surface area contributed by atoms with Gasteiger partial charge in [-0.05, 0) is 53.1 Å². The van der Waals surface area contributed by atoms with Crippen LogP contribution < -0.4 is 4.74 Å². The Labute approximate surface area is 192 Å². The van der Waals surface area contributed by atoms with Crippen LogP contribution in [0.4, 0.5) is 0 Å². The first-order chi connectivity index (χ1) is 15.5. The summed E-state index contributed by atoms with van der Waals surface area (Å²) < 4.78 is 32.0. The molecule has 0 fully saturated rings. The molecule has 7 nitrogen and oxygen atoms in total. The van der Waals surface area contributed by atoms with Crippen molar-refractivity contribution in [2.24, 2.45) is 4.52 Å². The second-order valence-corrected chi connectivity index (χ2v) is 9.77. The SMILES string of the molecule is COc1cccc(CN(CCSc2ccccc2)Cc2ccc(S(=O)(=O)N=[N+]=[N-])cc2)c1. The number of thioether (sulfide) groups is 1. The Balaban J connectivity index is 1.72. The average Bonchev–Trinajstić information content (AvgIpc) is 2.80. The lowest BCUT2D eigenvalue weighted by atomic mass is 10.1. The highest BCUT2D eigenvalue weighted by atomic mass is 32.2. The second-order valence-electron chi connectivity index (χ2n) is 7.01. The lowest BCUT2D eigenvalue weighted by Gasteiger charge is -2.23. The first-order valence-corrected chi connectivity index (χ1v) is 12.4. The van der Waals surface area contributed by atoms with Crippen LogP contribution in [0.2, 0.25) is 0 Å². The highest BCUT2D eigenvalue weighted by Crippen LogP contribution is 2.21. The van der Waals surface area contributed by atoms with Crippen molar-refractivity contribution in [3.05, 3.63) is 100 Å². The van der Waals surface area contributed by atoms with Gasteiger partial charge in [0.1, 0.15) is 5.75 Å². The number of hydrogen-bond acceptors (Lipinski definition) is 5. The molecule has 3 aromatic carbocycles. The molecular weight excluding hydrogens is 444 g/mol. The molecule has 0 aromatic heterocycles. The van der Waals surface area contributed by atoms with Gasteiger partial charge >= 0.3 is 0 Å². The van der Waals surface area contributed by atoms with E-state index in [2.05, 4.69) is 32.5 Å². The Morgan fingerprint density at radius 3 is 2.38 bits per heavy atom. The van der Waals surface area contributed by atoms with Crippen LogP contribution in [0.3, 0.4) is 0 Å². The molecule has 3 rings (SSSR count). The van der Waals surface area contributed by atoms with E-state index in [9.17, 15) is 8.42 Å². The fourth-order valence-corrected chi connectivity index (χ4v) is 4.78. The number of hydrogen-bond donors (Lipinski definition) is 0. The van der Waals surface area contributed by atoms with Crippen molar-refractivity contribution in [3.8, 4) is 5.75 Å². The number of sulfonamides is 1. The lowest BCUT2D eigenvalue weighted by molar-refractivity contribution is 0.273. The third-order valence-electron chi connectivity index (χ3n) is 4.73. The number of rotatable bonds is 11. The van der Waals surface area contributed by atoms with Gasteiger partial charge in [0.2, 0.25) is 0 Å². The highest BCUT2D eigenvalue weighted by Gasteiger charge is 2.13. The summed E-state index contributed by atoms with van der Waals surface area (Å²) in [6.07, 6.45) is 0. The topological polar surface area (TPSA) is 95.4 Å². The molecule has 0 bridgehead atoms. The van der Waals surface area contributed by atoms with Gasteiger partial charge in [-0.15, -0.1) is 11.8 Å². The van der Waals surface area contributed by atoms with E-state index in [4.69, 9.17) is 10.3 Å². The van der Waals surface area contributed by atoms with E-state index in [-0.39, 0.29) is 4.90 Å². The molecule has 0 aliphatic heterocycles. The molecule has 0 unspecified atom stereocenters. The van der Waals surface area contributed by atoms with Crippen LogP contribution in [-0.4, -0.2) is 32.7 Å². The second kappa shape index (κ2) is 11.6. The van der Waals surface area contributed by atoms with Crippen LogP contribution in [0.15, 0.2) is 93.2 Å². The molecule has 0 radical (unpaired) electrons. The Kier molecular flexibility index (Phi) is 8.58. The number of nitrogens with zero attached hydrogens (tertiary/aromatic N) is 4. The van der Waals surface area contributed by atoms with Gasteiger partial charge in [0.05, 0.1) is 12.0 Å². The normalized spacial score (nSPS) is 11.2. The van der Waals surface area contributed by atoms with E-state index in [1.54, 1.807) is 31.0 Å². The van der Waals surface area contributed by atoms with E-state index in [1.807, 2.05) is 36.4 Å². The van der Waals surface area contributed by atoms with E-state index < -0.39 is 10.0 Å². The maximum absolute atomic E-state index is 11.9. The van der Waals surface area contributed by atoms with Crippen LogP contribution in [0.1, 0.15) is 11.1 Å². The largest absolute Gasteiger partial charge is 0.497 e. The molecule has 0 saturated carbocycles. The summed E-state index contributed by atoms with van der Waals surface area (Å²) in [5.74, 6) is 1.73. The van der Waals surface area contributed by atoms with Crippen molar-refractivity contribution in [2.45, 2.75) is 22.9 Å². The molecule has 166 valence electrons. The van der Waals surface area contributed by atoms with E-state index in [1.165, 1.54) is 17.0 Å². The summed E-state index contributed by atoms with van der Waals surface area (Å²) >= 11 is 1.80. The van der Waals surface area contributed by atoms with Gasteiger partial charge in [0.25, 0.3) is 10.0 Å². The smallest absolute Gasteiger partial charge is 0.264 e. The van der Waals surface area contributed by atoms with Crippen molar-refractivity contribution in [3.63, 3.8) is 0 Å². The van der Waals surface area contributed by atoms with Crippen LogP contribution >= 0.6 is 11.8 Å². The minimum atomic E-state index is -3.98. The maximum Gasteiger partial charge on any atom is 0.264 e. The lowest BCUT2D eigenvalue weighted by Crippen LogP contribution is -2.25. The molecule has 0 heterocycles. The summed E-state index contributed by atoms with van der Waals surface area (Å²) in [6.45, 7) is 2.22. The predicted molar refractivity (Wildman–Crippen MR) is 127 cm³/mol. The van der Waals surface area contributed by atoms with Crippen molar-refractivity contribution < 1.29 is 13.2 Å². The van der Waals surface area contributed by atoms with Gasteiger partial charge in [-0.3, -0.25) is 4.90 Å². The fourth-order valence-electron chi connectivity index (χ4n) is 3.17. The van der Waals surface area contributed by atoms with Crippen molar-refractivity contribution in [1.29, 1.82) is 0 Å². The summed E-state index contributed by atoms with van der Waals surface area (Å²) in [7, 11) is -2.33. The van der Waals surface area contributed by atoms with E-state index in [0.29, 0.717) is 6.54 Å². The standard InChI is InChI=1S/C23H24N4O3S2/c1-30-21-7-5-6-20(16-21)18-27(14-15-31-22-8-3-2-4-9-22)17-19-10-12-23(13-11-19)32(28,29)26-25-24/h2-13,16H,14-15,17-18H2,1H3. The van der Waals surface area contributed by atoms with Crippen LogP contribution in [-0.2, 0) is 23.1 Å².